The Bertz CT molecular complexity index is 354. The summed E-state index contributed by atoms with van der Waals surface area (Å²) in [6.45, 7) is 0.668. The smallest absolute Gasteiger partial charge is 0.313 e. The molecule has 0 unspecified atom stereocenters. The molecule has 1 aromatic rings. The topological polar surface area (TPSA) is 80.3 Å². The van der Waals surface area contributed by atoms with Crippen LogP contribution in [0.3, 0.4) is 0 Å². The molecule has 0 aromatic carbocycles. The van der Waals surface area contributed by atoms with E-state index in [9.17, 15) is 9.59 Å². The van der Waals surface area contributed by atoms with Crippen molar-refractivity contribution in [3.8, 4) is 0 Å². The monoisotopic (exact) mass is 223 g/mol. The summed E-state index contributed by atoms with van der Waals surface area (Å²) < 4.78 is 4.73. The van der Waals surface area contributed by atoms with Crippen molar-refractivity contribution in [3.63, 3.8) is 0 Å². The number of anilines is 1. The molecule has 1 rings (SSSR count). The summed E-state index contributed by atoms with van der Waals surface area (Å²) in [7, 11) is 1.52. The number of nitrogens with zero attached hydrogens (tertiary/aromatic N) is 1. The maximum atomic E-state index is 11.3. The maximum Gasteiger partial charge on any atom is 0.313 e. The predicted octanol–water partition coefficient (Wildman–Crippen LogP) is -0.217. The van der Waals surface area contributed by atoms with E-state index in [1.54, 1.807) is 18.3 Å². The van der Waals surface area contributed by atoms with Crippen LogP contribution in [0.5, 0.6) is 0 Å². The molecular weight excluding hydrogens is 210 g/mol. The first-order valence-electron chi connectivity index (χ1n) is 4.72. The fourth-order valence-corrected chi connectivity index (χ4v) is 0.971. The lowest BCUT2D eigenvalue weighted by Gasteiger charge is -2.05. The molecule has 0 aliphatic rings. The largest absolute Gasteiger partial charge is 0.383 e. The third-order valence-electron chi connectivity index (χ3n) is 1.72. The highest BCUT2D eigenvalue weighted by Gasteiger charge is 2.12. The molecule has 0 saturated carbocycles. The van der Waals surface area contributed by atoms with Crippen LogP contribution in [-0.2, 0) is 14.3 Å². The number of rotatable bonds is 4. The second-order valence-corrected chi connectivity index (χ2v) is 2.94. The van der Waals surface area contributed by atoms with Gasteiger partial charge < -0.3 is 15.4 Å². The minimum atomic E-state index is -0.718. The molecular formula is C10H13N3O3. The highest BCUT2D eigenvalue weighted by molar-refractivity contribution is 6.39. The molecule has 1 aromatic heterocycles. The molecule has 86 valence electrons. The van der Waals surface area contributed by atoms with E-state index in [-0.39, 0.29) is 0 Å². The van der Waals surface area contributed by atoms with Crippen LogP contribution in [0.25, 0.3) is 0 Å². The molecule has 0 bridgehead atoms. The predicted molar refractivity (Wildman–Crippen MR) is 57.8 cm³/mol. The summed E-state index contributed by atoms with van der Waals surface area (Å²) in [6, 6.07) is 3.31. The van der Waals surface area contributed by atoms with E-state index < -0.39 is 11.8 Å². The zero-order valence-corrected chi connectivity index (χ0v) is 8.90. The van der Waals surface area contributed by atoms with Gasteiger partial charge in [0.2, 0.25) is 0 Å². The molecule has 0 saturated heterocycles. The third-order valence-corrected chi connectivity index (χ3v) is 1.72. The van der Waals surface area contributed by atoms with Crippen molar-refractivity contribution in [2.24, 2.45) is 0 Å². The molecule has 0 aliphatic heterocycles. The van der Waals surface area contributed by atoms with Gasteiger partial charge >= 0.3 is 11.8 Å². The van der Waals surface area contributed by atoms with Crippen molar-refractivity contribution in [3.05, 3.63) is 24.5 Å². The van der Waals surface area contributed by atoms with Crippen LogP contribution < -0.4 is 10.6 Å². The van der Waals surface area contributed by atoms with Crippen LogP contribution >= 0.6 is 0 Å². The Morgan fingerprint density at radius 2 is 2.25 bits per heavy atom. The van der Waals surface area contributed by atoms with E-state index in [1.165, 1.54) is 13.3 Å². The fourth-order valence-electron chi connectivity index (χ4n) is 0.971. The van der Waals surface area contributed by atoms with Crippen LogP contribution in [0.2, 0.25) is 0 Å². The van der Waals surface area contributed by atoms with E-state index in [2.05, 4.69) is 15.6 Å². The van der Waals surface area contributed by atoms with Crippen molar-refractivity contribution in [2.75, 3.05) is 25.6 Å². The van der Waals surface area contributed by atoms with E-state index in [4.69, 9.17) is 4.74 Å². The second-order valence-electron chi connectivity index (χ2n) is 2.94. The van der Waals surface area contributed by atoms with Crippen LogP contribution in [0.4, 0.5) is 5.69 Å². The first-order chi connectivity index (χ1) is 7.74. The number of pyridine rings is 1. The lowest BCUT2D eigenvalue weighted by molar-refractivity contribution is -0.136. The van der Waals surface area contributed by atoms with Gasteiger partial charge in [-0.15, -0.1) is 0 Å². The van der Waals surface area contributed by atoms with Gasteiger partial charge in [-0.25, -0.2) is 0 Å². The maximum absolute atomic E-state index is 11.3. The average molecular weight is 223 g/mol. The molecule has 16 heavy (non-hydrogen) atoms. The van der Waals surface area contributed by atoms with Crippen LogP contribution in [0, 0.1) is 0 Å². The Hall–Kier alpha value is -1.95. The quantitative estimate of drug-likeness (QED) is 0.546. The Morgan fingerprint density at radius 3 is 2.88 bits per heavy atom. The summed E-state index contributed by atoms with van der Waals surface area (Å²) in [5.74, 6) is -1.41. The molecule has 1 heterocycles. The number of carbonyl (C=O) groups excluding carboxylic acids is 2. The number of amides is 2. The van der Waals surface area contributed by atoms with Crippen molar-refractivity contribution < 1.29 is 14.3 Å². The van der Waals surface area contributed by atoms with Gasteiger partial charge in [0.15, 0.2) is 0 Å². The average Bonchev–Trinajstić information content (AvgIpc) is 2.30. The lowest BCUT2D eigenvalue weighted by atomic mass is 10.4. The van der Waals surface area contributed by atoms with Gasteiger partial charge in [-0.2, -0.15) is 0 Å². The normalized spacial score (nSPS) is 9.56. The van der Waals surface area contributed by atoms with Crippen LogP contribution in [0.1, 0.15) is 0 Å². The van der Waals surface area contributed by atoms with Gasteiger partial charge in [-0.1, -0.05) is 0 Å². The Labute approximate surface area is 93.0 Å². The van der Waals surface area contributed by atoms with Crippen LogP contribution in [-0.4, -0.2) is 37.1 Å². The number of carbonyl (C=O) groups is 2. The van der Waals surface area contributed by atoms with E-state index in [0.29, 0.717) is 18.8 Å². The summed E-state index contributed by atoms with van der Waals surface area (Å²) in [4.78, 5) is 26.3. The van der Waals surface area contributed by atoms with E-state index >= 15 is 0 Å². The van der Waals surface area contributed by atoms with Gasteiger partial charge in [-0.05, 0) is 12.1 Å². The summed E-state index contributed by atoms with van der Waals surface area (Å²) in [6.07, 6.45) is 3.04. The Kier molecular flexibility index (Phi) is 4.94. The number of hydrogen-bond donors (Lipinski definition) is 2. The first kappa shape index (κ1) is 12.1. The van der Waals surface area contributed by atoms with Gasteiger partial charge in [-0.3, -0.25) is 14.6 Å². The molecule has 2 amide bonds. The standard InChI is InChI=1S/C10H13N3O3/c1-16-6-5-12-9(14)10(15)13-8-3-2-4-11-7-8/h2-4,7H,5-6H2,1H3,(H,12,14)(H,13,15). The molecule has 0 radical (unpaired) electrons. The van der Waals surface area contributed by atoms with Crippen LogP contribution in [0.15, 0.2) is 24.5 Å². The zero-order valence-electron chi connectivity index (χ0n) is 8.90. The number of nitrogens with one attached hydrogen (secondary N) is 2. The van der Waals surface area contributed by atoms with E-state index in [0.717, 1.165) is 0 Å². The molecule has 6 heteroatoms. The lowest BCUT2D eigenvalue weighted by Crippen LogP contribution is -2.37. The summed E-state index contributed by atoms with van der Waals surface area (Å²) in [5.41, 5.74) is 0.481. The molecule has 0 aliphatic carbocycles. The van der Waals surface area contributed by atoms with Gasteiger partial charge in [0, 0.05) is 19.9 Å². The molecule has 0 spiro atoms. The molecule has 0 fully saturated rings. The Morgan fingerprint density at radius 1 is 1.44 bits per heavy atom. The first-order valence-corrected chi connectivity index (χ1v) is 4.72. The number of methoxy groups -OCH3 is 1. The van der Waals surface area contributed by atoms with Gasteiger partial charge in [0.05, 0.1) is 18.5 Å². The number of ether oxygens (including phenoxy) is 1. The SMILES string of the molecule is COCCNC(=O)C(=O)Nc1cccnc1. The minimum absolute atomic E-state index is 0.301. The van der Waals surface area contributed by atoms with Gasteiger partial charge in [0.25, 0.3) is 0 Å². The molecule has 0 atom stereocenters. The number of aromatic nitrogens is 1. The Balaban J connectivity index is 2.38. The van der Waals surface area contributed by atoms with Crippen molar-refractivity contribution in [2.45, 2.75) is 0 Å². The highest BCUT2D eigenvalue weighted by Crippen LogP contribution is 2.01. The fraction of sp³-hybridized carbons (Fsp3) is 0.300. The summed E-state index contributed by atoms with van der Waals surface area (Å²) in [5, 5.41) is 4.82. The summed E-state index contributed by atoms with van der Waals surface area (Å²) >= 11 is 0. The van der Waals surface area contributed by atoms with E-state index in [1.807, 2.05) is 0 Å². The molecule has 6 nitrogen and oxygen atoms in total. The number of hydrogen-bond acceptors (Lipinski definition) is 4. The molecule has 2 N–H and O–H groups in total. The minimum Gasteiger partial charge on any atom is -0.383 e. The highest BCUT2D eigenvalue weighted by atomic mass is 16.5. The van der Waals surface area contributed by atoms with Crippen molar-refractivity contribution in [1.29, 1.82) is 0 Å². The third kappa shape index (κ3) is 4.05. The van der Waals surface area contributed by atoms with Crippen molar-refractivity contribution in [1.82, 2.24) is 10.3 Å². The van der Waals surface area contributed by atoms with Crippen molar-refractivity contribution >= 4 is 17.5 Å². The zero-order chi connectivity index (χ0) is 11.8. The van der Waals surface area contributed by atoms with Gasteiger partial charge in [0.1, 0.15) is 0 Å². The second kappa shape index (κ2) is 6.52.